The Morgan fingerprint density at radius 3 is 2.41 bits per heavy atom. The smallest absolute Gasteiger partial charge is 0.247 e. The Labute approximate surface area is 199 Å². The molecule has 0 spiro atoms. The molecule has 1 heterocycles. The van der Waals surface area contributed by atoms with Gasteiger partial charge in [-0.2, -0.15) is 4.31 Å². The van der Waals surface area contributed by atoms with Crippen molar-refractivity contribution in [3.8, 4) is 0 Å². The van der Waals surface area contributed by atoms with Crippen molar-refractivity contribution in [3.63, 3.8) is 0 Å². The number of halogens is 1. The molecule has 2 amide bonds. The zero-order valence-corrected chi connectivity index (χ0v) is 20.1. The number of likely N-dealkylation sites (N-methyl/N-ethyl adjacent to an activating group) is 1. The van der Waals surface area contributed by atoms with Gasteiger partial charge >= 0.3 is 0 Å². The average Bonchev–Trinajstić information content (AvgIpc) is 3.32. The maximum absolute atomic E-state index is 13.5. The number of carbonyl (C=O) groups is 2. The molecular formula is C24H30FN3O5S. The topological polar surface area (TPSA) is 96.0 Å². The summed E-state index contributed by atoms with van der Waals surface area (Å²) in [6.07, 6.45) is 2.69. The van der Waals surface area contributed by atoms with E-state index in [1.807, 2.05) is 0 Å². The molecule has 1 fully saturated rings. The molecule has 2 aromatic carbocycles. The molecule has 1 aliphatic heterocycles. The molecule has 0 unspecified atom stereocenters. The Hall–Kier alpha value is -2.82. The number of hydrogen-bond donors (Lipinski definition) is 1. The lowest BCUT2D eigenvalue weighted by atomic mass is 10.0. The van der Waals surface area contributed by atoms with E-state index in [1.165, 1.54) is 36.2 Å². The Bertz CT molecular complexity index is 1070. The Kier molecular flexibility index (Phi) is 8.76. The molecule has 0 radical (unpaired) electrons. The Balaban J connectivity index is 1.93. The molecule has 2 aromatic rings. The van der Waals surface area contributed by atoms with Crippen LogP contribution in [0, 0.1) is 5.82 Å². The molecule has 0 saturated carbocycles. The fraction of sp³-hybridized carbons (Fsp3) is 0.417. The van der Waals surface area contributed by atoms with E-state index in [4.69, 9.17) is 4.74 Å². The van der Waals surface area contributed by atoms with E-state index in [-0.39, 0.29) is 12.6 Å². The van der Waals surface area contributed by atoms with Crippen LogP contribution in [0.1, 0.15) is 30.0 Å². The van der Waals surface area contributed by atoms with Gasteiger partial charge in [-0.25, -0.2) is 12.8 Å². The highest BCUT2D eigenvalue weighted by molar-refractivity contribution is 7.88. The minimum atomic E-state index is -3.62. The lowest BCUT2D eigenvalue weighted by Gasteiger charge is -2.33. The highest BCUT2D eigenvalue weighted by atomic mass is 32.2. The van der Waals surface area contributed by atoms with Gasteiger partial charge in [-0.3, -0.25) is 9.59 Å². The highest BCUT2D eigenvalue weighted by Crippen LogP contribution is 2.25. The zero-order valence-electron chi connectivity index (χ0n) is 19.3. The number of amides is 2. The van der Waals surface area contributed by atoms with Crippen LogP contribution in [-0.4, -0.2) is 68.5 Å². The lowest BCUT2D eigenvalue weighted by Crippen LogP contribution is -2.48. The van der Waals surface area contributed by atoms with E-state index in [0.29, 0.717) is 24.3 Å². The van der Waals surface area contributed by atoms with Crippen LogP contribution in [0.5, 0.6) is 0 Å². The minimum Gasteiger partial charge on any atom is -0.376 e. The van der Waals surface area contributed by atoms with Crippen LogP contribution in [0.15, 0.2) is 54.6 Å². The second-order valence-electron chi connectivity index (χ2n) is 8.36. The largest absolute Gasteiger partial charge is 0.376 e. The van der Waals surface area contributed by atoms with Crippen molar-refractivity contribution < 1.29 is 27.1 Å². The van der Waals surface area contributed by atoms with Gasteiger partial charge < -0.3 is 15.0 Å². The molecule has 184 valence electrons. The summed E-state index contributed by atoms with van der Waals surface area (Å²) in [5.74, 6) is -1.38. The third-order valence-electron chi connectivity index (χ3n) is 5.71. The van der Waals surface area contributed by atoms with Crippen LogP contribution in [0.3, 0.4) is 0 Å². The Morgan fingerprint density at radius 2 is 1.82 bits per heavy atom. The molecule has 3 rings (SSSR count). The summed E-state index contributed by atoms with van der Waals surface area (Å²) >= 11 is 0. The van der Waals surface area contributed by atoms with Crippen molar-refractivity contribution in [1.29, 1.82) is 0 Å². The molecule has 34 heavy (non-hydrogen) atoms. The summed E-state index contributed by atoms with van der Waals surface area (Å²) in [5.41, 5.74) is 1.18. The van der Waals surface area contributed by atoms with Crippen LogP contribution in [-0.2, 0) is 30.9 Å². The number of ether oxygens (including phenoxy) is 1. The maximum atomic E-state index is 13.5. The van der Waals surface area contributed by atoms with E-state index < -0.39 is 40.2 Å². The first-order chi connectivity index (χ1) is 16.1. The average molecular weight is 492 g/mol. The van der Waals surface area contributed by atoms with Gasteiger partial charge in [-0.05, 0) is 36.1 Å². The van der Waals surface area contributed by atoms with Gasteiger partial charge in [-0.15, -0.1) is 0 Å². The third kappa shape index (κ3) is 7.09. The Morgan fingerprint density at radius 1 is 1.15 bits per heavy atom. The summed E-state index contributed by atoms with van der Waals surface area (Å²) in [6, 6.07) is 13.4. The predicted octanol–water partition coefficient (Wildman–Crippen LogP) is 2.08. The van der Waals surface area contributed by atoms with Gasteiger partial charge in [0, 0.05) is 26.7 Å². The van der Waals surface area contributed by atoms with Crippen molar-refractivity contribution in [3.05, 3.63) is 71.5 Å². The number of nitrogens with one attached hydrogen (secondary N) is 1. The van der Waals surface area contributed by atoms with Crippen molar-refractivity contribution in [2.24, 2.45) is 0 Å². The van der Waals surface area contributed by atoms with Crippen molar-refractivity contribution in [2.45, 2.75) is 31.5 Å². The van der Waals surface area contributed by atoms with Gasteiger partial charge in [0.25, 0.3) is 0 Å². The number of rotatable bonds is 10. The second kappa shape index (κ2) is 11.5. The van der Waals surface area contributed by atoms with Crippen molar-refractivity contribution in [1.82, 2.24) is 14.5 Å². The summed E-state index contributed by atoms with van der Waals surface area (Å²) in [7, 11) is -2.32. The minimum absolute atomic E-state index is 0.0103. The molecule has 8 nitrogen and oxygen atoms in total. The van der Waals surface area contributed by atoms with Crippen LogP contribution >= 0.6 is 0 Å². The number of nitrogens with zero attached hydrogens (tertiary/aromatic N) is 2. The predicted molar refractivity (Wildman–Crippen MR) is 126 cm³/mol. The van der Waals surface area contributed by atoms with Crippen LogP contribution in [0.25, 0.3) is 0 Å². The lowest BCUT2D eigenvalue weighted by molar-refractivity contribution is -0.141. The van der Waals surface area contributed by atoms with Gasteiger partial charge in [0.1, 0.15) is 11.9 Å². The molecule has 0 bridgehead atoms. The van der Waals surface area contributed by atoms with Gasteiger partial charge in [0.05, 0.1) is 18.9 Å². The monoisotopic (exact) mass is 491 g/mol. The molecule has 0 aliphatic carbocycles. The van der Waals surface area contributed by atoms with E-state index >= 15 is 0 Å². The zero-order chi connectivity index (χ0) is 24.7. The highest BCUT2D eigenvalue weighted by Gasteiger charge is 2.33. The number of hydrogen-bond acceptors (Lipinski definition) is 5. The van der Waals surface area contributed by atoms with E-state index in [0.717, 1.165) is 23.4 Å². The van der Waals surface area contributed by atoms with Crippen LogP contribution in [0.2, 0.25) is 0 Å². The first-order valence-corrected chi connectivity index (χ1v) is 12.9. The number of benzene rings is 2. The van der Waals surface area contributed by atoms with Crippen LogP contribution < -0.4 is 5.32 Å². The fourth-order valence-corrected chi connectivity index (χ4v) is 4.08. The van der Waals surface area contributed by atoms with Gasteiger partial charge in [0.2, 0.25) is 21.8 Å². The number of sulfonamides is 1. The van der Waals surface area contributed by atoms with Crippen molar-refractivity contribution >= 4 is 21.8 Å². The molecule has 2 atom stereocenters. The third-order valence-corrected chi connectivity index (χ3v) is 6.98. The molecule has 1 saturated heterocycles. The molecular weight excluding hydrogens is 461 g/mol. The second-order valence-corrected chi connectivity index (χ2v) is 10.4. The normalized spacial score (nSPS) is 16.9. The standard InChI is InChI=1S/C24H30FN3O5S/c1-27(34(2,31)32)17-22(29)28(16-18-10-12-20(25)13-11-18)23(19-7-4-3-5-8-19)24(30)26-15-21-9-6-14-33-21/h3-5,7-8,10-13,21,23H,6,9,14-17H2,1-2H3,(H,26,30)/t21-,23-/m0/s1. The molecule has 0 aromatic heterocycles. The van der Waals surface area contributed by atoms with E-state index in [1.54, 1.807) is 30.3 Å². The van der Waals surface area contributed by atoms with Gasteiger partial charge in [0.15, 0.2) is 0 Å². The van der Waals surface area contributed by atoms with Crippen molar-refractivity contribution in [2.75, 3.05) is 33.0 Å². The quantitative estimate of drug-likeness (QED) is 0.549. The summed E-state index contributed by atoms with van der Waals surface area (Å²) in [4.78, 5) is 28.1. The van der Waals surface area contributed by atoms with E-state index in [2.05, 4.69) is 5.32 Å². The maximum Gasteiger partial charge on any atom is 0.247 e. The molecule has 1 aliphatic rings. The van der Waals surface area contributed by atoms with Crippen LogP contribution in [0.4, 0.5) is 4.39 Å². The summed E-state index contributed by atoms with van der Waals surface area (Å²) in [6.45, 7) is 0.506. The van der Waals surface area contributed by atoms with E-state index in [9.17, 15) is 22.4 Å². The molecule has 10 heteroatoms. The molecule has 1 N–H and O–H groups in total. The SMILES string of the molecule is CN(CC(=O)N(Cc1ccc(F)cc1)[C@H](C(=O)NC[C@@H]1CCCO1)c1ccccc1)S(C)(=O)=O. The van der Waals surface area contributed by atoms with Gasteiger partial charge in [-0.1, -0.05) is 42.5 Å². The summed E-state index contributed by atoms with van der Waals surface area (Å²) < 4.78 is 43.8. The number of carbonyl (C=O) groups excluding carboxylic acids is 2. The first kappa shape index (κ1) is 25.8. The summed E-state index contributed by atoms with van der Waals surface area (Å²) in [5, 5.41) is 2.89. The first-order valence-electron chi connectivity index (χ1n) is 11.0. The fourth-order valence-electron chi connectivity index (χ4n) is 3.73.